The number of carbonyl (C=O) groups is 1. The van der Waals surface area contributed by atoms with Crippen LogP contribution in [0.5, 0.6) is 5.75 Å². The van der Waals surface area contributed by atoms with Crippen LogP contribution in [-0.4, -0.2) is 41.9 Å². The molecule has 1 aliphatic heterocycles. The normalized spacial score (nSPS) is 14.8. The number of hydrogen-bond donors (Lipinski definition) is 0. The Morgan fingerprint density at radius 1 is 1.03 bits per heavy atom. The molecule has 172 valence electrons. The molecule has 0 amide bonds. The topological polar surface area (TPSA) is 42.4 Å². The van der Waals surface area contributed by atoms with E-state index in [1.165, 1.54) is 25.9 Å². The highest BCUT2D eigenvalue weighted by Gasteiger charge is 2.25. The summed E-state index contributed by atoms with van der Waals surface area (Å²) in [6, 6.07) is 19.3. The Kier molecular flexibility index (Phi) is 8.14. The Morgan fingerprint density at radius 3 is 2.42 bits per heavy atom. The van der Waals surface area contributed by atoms with Gasteiger partial charge < -0.3 is 4.74 Å². The minimum absolute atomic E-state index is 0.0108. The summed E-state index contributed by atoms with van der Waals surface area (Å²) in [5.74, 6) is 0.443. The van der Waals surface area contributed by atoms with Gasteiger partial charge in [0.05, 0.1) is 16.6 Å². The van der Waals surface area contributed by atoms with Gasteiger partial charge in [-0.3, -0.25) is 14.7 Å². The van der Waals surface area contributed by atoms with Crippen LogP contribution >= 0.6 is 11.6 Å². The standard InChI is InChI=1S/C28H31ClN2O2/c1-2-21-11-14-27(30-20-21)25(28(32)24-7-3-4-8-26(24)29)19-22-9-12-23(13-10-22)33-18-17-31-15-5-6-16-31/h3-4,7-14,20,25H,2,5-6,15-19H2,1H3. The average Bonchev–Trinajstić information content (AvgIpc) is 3.37. The summed E-state index contributed by atoms with van der Waals surface area (Å²) in [6.45, 7) is 6.11. The van der Waals surface area contributed by atoms with Crippen molar-refractivity contribution >= 4 is 17.4 Å². The van der Waals surface area contributed by atoms with Crippen molar-refractivity contribution in [3.63, 3.8) is 0 Å². The number of pyridine rings is 1. The molecule has 0 spiro atoms. The first-order valence-electron chi connectivity index (χ1n) is 11.8. The zero-order chi connectivity index (χ0) is 23.0. The molecule has 33 heavy (non-hydrogen) atoms. The summed E-state index contributed by atoms with van der Waals surface area (Å²) in [7, 11) is 0. The predicted molar refractivity (Wildman–Crippen MR) is 133 cm³/mol. The maximum atomic E-state index is 13.5. The van der Waals surface area contributed by atoms with Crippen LogP contribution in [0.25, 0.3) is 0 Å². The molecule has 0 saturated carbocycles. The van der Waals surface area contributed by atoms with E-state index in [0.717, 1.165) is 35.5 Å². The van der Waals surface area contributed by atoms with Gasteiger partial charge in [0.15, 0.2) is 5.78 Å². The third kappa shape index (κ3) is 6.21. The summed E-state index contributed by atoms with van der Waals surface area (Å²) in [6.07, 6.45) is 5.91. The second-order valence-electron chi connectivity index (χ2n) is 8.59. The van der Waals surface area contributed by atoms with Crippen LogP contribution in [0.3, 0.4) is 0 Å². The lowest BCUT2D eigenvalue weighted by Crippen LogP contribution is -2.25. The Morgan fingerprint density at radius 2 is 1.76 bits per heavy atom. The fourth-order valence-electron chi connectivity index (χ4n) is 4.29. The van der Waals surface area contributed by atoms with Gasteiger partial charge in [-0.2, -0.15) is 0 Å². The molecule has 1 aromatic heterocycles. The van der Waals surface area contributed by atoms with Crippen molar-refractivity contribution < 1.29 is 9.53 Å². The fraction of sp³-hybridized carbons (Fsp3) is 0.357. The molecule has 5 heteroatoms. The van der Waals surface area contributed by atoms with Gasteiger partial charge in [0.2, 0.25) is 0 Å². The summed E-state index contributed by atoms with van der Waals surface area (Å²) < 4.78 is 5.93. The van der Waals surface area contributed by atoms with Crippen LogP contribution in [0.2, 0.25) is 5.02 Å². The van der Waals surface area contributed by atoms with Crippen molar-refractivity contribution in [3.8, 4) is 5.75 Å². The van der Waals surface area contributed by atoms with Gasteiger partial charge in [-0.15, -0.1) is 0 Å². The quantitative estimate of drug-likeness (QED) is 0.347. The number of rotatable bonds is 10. The Bertz CT molecular complexity index is 1040. The minimum Gasteiger partial charge on any atom is -0.492 e. The summed E-state index contributed by atoms with van der Waals surface area (Å²) in [4.78, 5) is 20.6. The first-order chi connectivity index (χ1) is 16.1. The van der Waals surface area contributed by atoms with E-state index in [1.54, 1.807) is 12.1 Å². The Balaban J connectivity index is 1.48. The van der Waals surface area contributed by atoms with E-state index in [4.69, 9.17) is 16.3 Å². The lowest BCUT2D eigenvalue weighted by Gasteiger charge is -2.18. The van der Waals surface area contributed by atoms with Crippen molar-refractivity contribution in [3.05, 3.63) is 94.3 Å². The fourth-order valence-corrected chi connectivity index (χ4v) is 4.52. The molecule has 1 aliphatic rings. The maximum Gasteiger partial charge on any atom is 0.173 e. The van der Waals surface area contributed by atoms with Crippen LogP contribution in [0.15, 0.2) is 66.9 Å². The molecule has 4 nitrogen and oxygen atoms in total. The average molecular weight is 463 g/mol. The number of likely N-dealkylation sites (tertiary alicyclic amines) is 1. The number of nitrogens with zero attached hydrogens (tertiary/aromatic N) is 2. The molecule has 3 aromatic rings. The third-order valence-corrected chi connectivity index (χ3v) is 6.64. The first-order valence-corrected chi connectivity index (χ1v) is 12.2. The SMILES string of the molecule is CCc1ccc(C(Cc2ccc(OCCN3CCCC3)cc2)C(=O)c2ccccc2Cl)nc1. The molecular formula is C28H31ClN2O2. The number of Topliss-reactive ketones (excluding diaryl/α,β-unsaturated/α-hetero) is 1. The number of aromatic nitrogens is 1. The molecule has 0 aliphatic carbocycles. The highest BCUT2D eigenvalue weighted by Crippen LogP contribution is 2.28. The maximum absolute atomic E-state index is 13.5. The van der Waals surface area contributed by atoms with Gasteiger partial charge in [0.25, 0.3) is 0 Å². The van der Waals surface area contributed by atoms with Crippen LogP contribution in [0, 0.1) is 0 Å². The van der Waals surface area contributed by atoms with Gasteiger partial charge in [-0.25, -0.2) is 0 Å². The van der Waals surface area contributed by atoms with Gasteiger partial charge in [0, 0.05) is 18.3 Å². The zero-order valence-electron chi connectivity index (χ0n) is 19.2. The molecule has 2 heterocycles. The molecule has 1 unspecified atom stereocenters. The summed E-state index contributed by atoms with van der Waals surface area (Å²) in [5, 5.41) is 0.472. The second kappa shape index (κ2) is 11.4. The van der Waals surface area contributed by atoms with Crippen molar-refractivity contribution in [1.29, 1.82) is 0 Å². The largest absolute Gasteiger partial charge is 0.492 e. The number of halogens is 1. The van der Waals surface area contributed by atoms with E-state index < -0.39 is 5.92 Å². The number of hydrogen-bond acceptors (Lipinski definition) is 4. The number of ketones is 1. The zero-order valence-corrected chi connectivity index (χ0v) is 19.9. The third-order valence-electron chi connectivity index (χ3n) is 6.31. The van der Waals surface area contributed by atoms with Crippen LogP contribution in [0.4, 0.5) is 0 Å². The van der Waals surface area contributed by atoms with Gasteiger partial charge >= 0.3 is 0 Å². The monoisotopic (exact) mass is 462 g/mol. The van der Waals surface area contributed by atoms with Gasteiger partial charge in [-0.05, 0) is 80.2 Å². The van der Waals surface area contributed by atoms with Crippen LogP contribution < -0.4 is 4.74 Å². The summed E-state index contributed by atoms with van der Waals surface area (Å²) in [5.41, 5.74) is 3.52. The molecule has 2 aromatic carbocycles. The van der Waals surface area contributed by atoms with E-state index >= 15 is 0 Å². The molecule has 1 fully saturated rings. The second-order valence-corrected chi connectivity index (χ2v) is 8.99. The van der Waals surface area contributed by atoms with E-state index in [0.29, 0.717) is 23.6 Å². The van der Waals surface area contributed by atoms with Gasteiger partial charge in [0.1, 0.15) is 12.4 Å². The molecule has 0 bridgehead atoms. The lowest BCUT2D eigenvalue weighted by molar-refractivity contribution is 0.0957. The van der Waals surface area contributed by atoms with E-state index in [-0.39, 0.29) is 5.78 Å². The van der Waals surface area contributed by atoms with E-state index in [1.807, 2.05) is 54.7 Å². The van der Waals surface area contributed by atoms with Crippen LogP contribution in [0.1, 0.15) is 52.9 Å². The molecule has 4 rings (SSSR count). The van der Waals surface area contributed by atoms with Crippen molar-refractivity contribution in [2.75, 3.05) is 26.2 Å². The highest BCUT2D eigenvalue weighted by molar-refractivity contribution is 6.34. The molecule has 1 saturated heterocycles. The number of ether oxygens (including phenoxy) is 1. The van der Waals surface area contributed by atoms with Crippen molar-refractivity contribution in [2.24, 2.45) is 0 Å². The highest BCUT2D eigenvalue weighted by atomic mass is 35.5. The van der Waals surface area contributed by atoms with Crippen molar-refractivity contribution in [1.82, 2.24) is 9.88 Å². The lowest BCUT2D eigenvalue weighted by atomic mass is 9.88. The predicted octanol–water partition coefficient (Wildman–Crippen LogP) is 5.98. The van der Waals surface area contributed by atoms with Gasteiger partial charge in [-0.1, -0.05) is 48.9 Å². The number of aryl methyl sites for hydroxylation is 1. The van der Waals surface area contributed by atoms with E-state index in [2.05, 4.69) is 16.8 Å². The molecule has 1 atom stereocenters. The Hall–Kier alpha value is -2.69. The molecule has 0 radical (unpaired) electrons. The molecule has 0 N–H and O–H groups in total. The molecular weight excluding hydrogens is 432 g/mol. The number of benzene rings is 2. The number of carbonyl (C=O) groups excluding carboxylic acids is 1. The summed E-state index contributed by atoms with van der Waals surface area (Å²) >= 11 is 6.36. The smallest absolute Gasteiger partial charge is 0.173 e. The van der Waals surface area contributed by atoms with Crippen LogP contribution in [-0.2, 0) is 12.8 Å². The van der Waals surface area contributed by atoms with E-state index in [9.17, 15) is 4.79 Å². The minimum atomic E-state index is -0.405. The van der Waals surface area contributed by atoms with Crippen molar-refractivity contribution in [2.45, 2.75) is 38.5 Å². The first kappa shape index (κ1) is 23.5. The Labute approximate surface area is 201 Å².